The molecule has 0 spiro atoms. The van der Waals surface area contributed by atoms with E-state index in [4.69, 9.17) is 0 Å². The minimum atomic E-state index is -2.77. The summed E-state index contributed by atoms with van der Waals surface area (Å²) in [5, 5.41) is 0. The molecule has 0 N–H and O–H groups in total. The second kappa shape index (κ2) is 3.78. The molecule has 0 aliphatic heterocycles. The van der Waals surface area contributed by atoms with Gasteiger partial charge < -0.3 is 0 Å². The zero-order valence-corrected chi connectivity index (χ0v) is 14.8. The quantitative estimate of drug-likeness (QED) is 0.683. The Morgan fingerprint density at radius 2 is 2.06 bits per heavy atom. The van der Waals surface area contributed by atoms with Crippen LogP contribution in [0.25, 0.3) is 0 Å². The topological polar surface area (TPSA) is 0 Å². The molecule has 0 radical (unpaired) electrons. The first-order chi connectivity index (χ1) is 7.31. The van der Waals surface area contributed by atoms with Crippen molar-refractivity contribution in [3.63, 3.8) is 0 Å². The summed E-state index contributed by atoms with van der Waals surface area (Å²) < 4.78 is 8.75. The summed E-state index contributed by atoms with van der Waals surface area (Å²) >= 11 is -2.77. The first kappa shape index (κ1) is 12.5. The van der Waals surface area contributed by atoms with Crippen LogP contribution in [0.5, 0.6) is 0 Å². The van der Waals surface area contributed by atoms with Gasteiger partial charge in [-0.1, -0.05) is 0 Å². The maximum absolute atomic E-state index is 2.77. The van der Waals surface area contributed by atoms with Crippen molar-refractivity contribution >= 4 is 6.88 Å². The predicted octanol–water partition coefficient (Wildman–Crippen LogP) is 3.64. The van der Waals surface area contributed by atoms with Gasteiger partial charge in [-0.3, -0.25) is 0 Å². The first-order valence-corrected chi connectivity index (χ1v) is 19.4. The fourth-order valence-corrected chi connectivity index (χ4v) is 20.0. The van der Waals surface area contributed by atoms with Crippen molar-refractivity contribution in [2.24, 2.45) is 5.92 Å². The molecule has 1 unspecified atom stereocenters. The van der Waals surface area contributed by atoms with Gasteiger partial charge in [0.05, 0.1) is 0 Å². The summed E-state index contributed by atoms with van der Waals surface area (Å²) in [6.07, 6.45) is 12.9. The maximum atomic E-state index is 2.60. The molecule has 2 aliphatic carbocycles. The van der Waals surface area contributed by atoms with Crippen LogP contribution < -0.4 is 0 Å². The molecule has 0 aromatic carbocycles. The van der Waals surface area contributed by atoms with Gasteiger partial charge in [0.2, 0.25) is 0 Å². The predicted molar refractivity (Wildman–Crippen MR) is 73.1 cm³/mol. The molecule has 0 nitrogen and oxygen atoms in total. The molecular weight excluding hydrogens is 287 g/mol. The van der Waals surface area contributed by atoms with Crippen molar-refractivity contribution in [2.45, 2.75) is 29.5 Å². The molecule has 0 saturated carbocycles. The van der Waals surface area contributed by atoms with E-state index in [0.717, 1.165) is 0 Å². The Hall–Kier alpha value is 0.0600. The van der Waals surface area contributed by atoms with Crippen LogP contribution >= 0.6 is 0 Å². The van der Waals surface area contributed by atoms with E-state index in [1.165, 1.54) is 6.42 Å². The van der Waals surface area contributed by atoms with Crippen LogP contribution in [0.3, 0.4) is 0 Å². The SMILES string of the molecule is CC1=[C]([Zr]([CH3])([CH3])(=[SiH2])[C]2=CC=CC2)C(C)C=C1. The van der Waals surface area contributed by atoms with E-state index in [1.807, 2.05) is 0 Å². The Kier molecular flexibility index (Phi) is 2.96. The second-order valence-corrected chi connectivity index (χ2v) is 34.9. The van der Waals surface area contributed by atoms with Gasteiger partial charge in [-0.25, -0.2) is 0 Å². The number of allylic oxidation sites excluding steroid dienone is 8. The van der Waals surface area contributed by atoms with E-state index in [1.54, 1.807) is 12.1 Å². The molecule has 0 heterocycles. The van der Waals surface area contributed by atoms with Gasteiger partial charge in [0, 0.05) is 0 Å². The van der Waals surface area contributed by atoms with Crippen LogP contribution in [-0.2, 0) is 17.4 Å². The van der Waals surface area contributed by atoms with Crippen LogP contribution in [0.1, 0.15) is 20.3 Å². The number of hydrogen-bond acceptors (Lipinski definition) is 0. The van der Waals surface area contributed by atoms with Crippen LogP contribution in [0.15, 0.2) is 42.5 Å². The van der Waals surface area contributed by atoms with Crippen molar-refractivity contribution < 1.29 is 17.4 Å². The van der Waals surface area contributed by atoms with Gasteiger partial charge in [0.15, 0.2) is 0 Å². The second-order valence-electron chi connectivity index (χ2n) is 6.25. The van der Waals surface area contributed by atoms with Gasteiger partial charge in [-0.2, -0.15) is 0 Å². The third-order valence-electron chi connectivity index (χ3n) is 4.18. The fraction of sp³-hybridized carbons (Fsp3) is 0.429. The molecule has 2 rings (SSSR count). The Morgan fingerprint density at radius 3 is 2.50 bits per heavy atom. The average Bonchev–Trinajstić information content (AvgIpc) is 2.74. The number of rotatable bonds is 2. The molecule has 0 aromatic heterocycles. The van der Waals surface area contributed by atoms with Gasteiger partial charge in [-0.05, 0) is 0 Å². The summed E-state index contributed by atoms with van der Waals surface area (Å²) in [6, 6.07) is 0. The Morgan fingerprint density at radius 1 is 1.38 bits per heavy atom. The third kappa shape index (κ3) is 1.84. The zero-order chi connectivity index (χ0) is 12.0. The van der Waals surface area contributed by atoms with E-state index in [0.29, 0.717) is 5.92 Å². The van der Waals surface area contributed by atoms with E-state index in [2.05, 4.69) is 60.4 Å². The molecule has 86 valence electrons. The molecule has 1 atom stereocenters. The summed E-state index contributed by atoms with van der Waals surface area (Å²) in [7, 11) is 0. The van der Waals surface area contributed by atoms with Crippen molar-refractivity contribution in [3.05, 3.63) is 42.5 Å². The monoisotopic (exact) mass is 308 g/mol. The fourth-order valence-electron chi connectivity index (χ4n) is 3.41. The molecule has 16 heavy (non-hydrogen) atoms. The van der Waals surface area contributed by atoms with E-state index in [-0.39, 0.29) is 0 Å². The molecule has 2 heteroatoms. The molecular formula is C14H22SiZr. The Bertz CT molecular complexity index is 509. The summed E-state index contributed by atoms with van der Waals surface area (Å²) in [6.45, 7) is 7.00. The van der Waals surface area contributed by atoms with Crippen LogP contribution in [-0.4, -0.2) is 6.88 Å². The van der Waals surface area contributed by atoms with Gasteiger partial charge in [-0.15, -0.1) is 0 Å². The third-order valence-corrected chi connectivity index (χ3v) is 21.4. The van der Waals surface area contributed by atoms with E-state index >= 15 is 0 Å². The molecule has 0 saturated heterocycles. The standard InChI is InChI=1S/C7H9.C5H5.2CH3.H2Si.Zr/c1-6-3-4-7(2)5-6;1-2-4-5-3-1;;;;/h3-4,6H,1-2H3;1-3H,4H2;2*1H3;1H2;. The van der Waals surface area contributed by atoms with Crippen LogP contribution in [0.2, 0.25) is 9.26 Å². The molecule has 0 bridgehead atoms. The van der Waals surface area contributed by atoms with E-state index < -0.39 is 17.4 Å². The summed E-state index contributed by atoms with van der Waals surface area (Å²) in [5.74, 6) is 0.666. The van der Waals surface area contributed by atoms with Crippen LogP contribution in [0, 0.1) is 5.92 Å². The van der Waals surface area contributed by atoms with Crippen molar-refractivity contribution in [1.29, 1.82) is 0 Å². The molecule has 2 aliphatic rings. The summed E-state index contributed by atoms with van der Waals surface area (Å²) in [5.41, 5.74) is 1.55. The zero-order valence-electron chi connectivity index (χ0n) is 10.9. The molecule has 0 fully saturated rings. The molecule has 0 aromatic rings. The van der Waals surface area contributed by atoms with Gasteiger partial charge in [0.25, 0.3) is 0 Å². The van der Waals surface area contributed by atoms with E-state index in [9.17, 15) is 0 Å². The van der Waals surface area contributed by atoms with Gasteiger partial charge in [0.1, 0.15) is 0 Å². The Labute approximate surface area is 102 Å². The van der Waals surface area contributed by atoms with Gasteiger partial charge >= 0.3 is 102 Å². The van der Waals surface area contributed by atoms with Crippen molar-refractivity contribution in [3.8, 4) is 0 Å². The first-order valence-electron chi connectivity index (χ1n) is 6.14. The normalized spacial score (nSPS) is 25.6. The minimum absolute atomic E-state index is 0.666. The average molecular weight is 310 g/mol. The van der Waals surface area contributed by atoms with Crippen LogP contribution in [0.4, 0.5) is 0 Å². The summed E-state index contributed by atoms with van der Waals surface area (Å²) in [4.78, 5) is 0. The van der Waals surface area contributed by atoms with Crippen molar-refractivity contribution in [2.75, 3.05) is 0 Å². The number of hydrogen-bond donors (Lipinski definition) is 0. The van der Waals surface area contributed by atoms with Crippen molar-refractivity contribution in [1.82, 2.24) is 0 Å². The Balaban J connectivity index is 2.55. The molecule has 0 amide bonds.